The van der Waals surface area contributed by atoms with Crippen LogP contribution in [0.1, 0.15) is 28.8 Å². The summed E-state index contributed by atoms with van der Waals surface area (Å²) in [6.07, 6.45) is 2.52. The molecule has 0 saturated heterocycles. The van der Waals surface area contributed by atoms with Crippen molar-refractivity contribution in [3.8, 4) is 0 Å². The molecule has 0 unspecified atom stereocenters. The molecule has 0 bridgehead atoms. The molecule has 1 fully saturated rings. The van der Waals surface area contributed by atoms with E-state index in [4.69, 9.17) is 0 Å². The number of amides is 2. The highest BCUT2D eigenvalue weighted by molar-refractivity contribution is 6.04. The third-order valence-corrected chi connectivity index (χ3v) is 4.22. The van der Waals surface area contributed by atoms with Gasteiger partial charge in [0.15, 0.2) is 0 Å². The molecule has 130 valence electrons. The standard InChI is InChI=1S/C20H23N3O2/c1-14-7-10-17(22-20(25)16-5-3-2-4-6-16)11-18(14)23-19(24)13-21-12-15-8-9-15/h2-7,10-11,15,21H,8-9,12-13H2,1H3,(H,22,25)(H,23,24). The van der Waals surface area contributed by atoms with Gasteiger partial charge in [-0.2, -0.15) is 0 Å². The van der Waals surface area contributed by atoms with E-state index >= 15 is 0 Å². The summed E-state index contributed by atoms with van der Waals surface area (Å²) < 4.78 is 0. The second-order valence-electron chi connectivity index (χ2n) is 6.47. The molecule has 2 amide bonds. The number of carbonyl (C=O) groups excluding carboxylic acids is 2. The molecule has 1 aliphatic rings. The van der Waals surface area contributed by atoms with Gasteiger partial charge in [0, 0.05) is 16.9 Å². The summed E-state index contributed by atoms with van der Waals surface area (Å²) in [6.45, 7) is 3.13. The fourth-order valence-corrected chi connectivity index (χ4v) is 2.53. The van der Waals surface area contributed by atoms with Gasteiger partial charge < -0.3 is 16.0 Å². The number of rotatable bonds is 7. The minimum Gasteiger partial charge on any atom is -0.325 e. The number of hydrogen-bond donors (Lipinski definition) is 3. The van der Waals surface area contributed by atoms with Crippen LogP contribution >= 0.6 is 0 Å². The molecule has 0 aromatic heterocycles. The quantitative estimate of drug-likeness (QED) is 0.727. The van der Waals surface area contributed by atoms with Crippen LogP contribution in [0.4, 0.5) is 11.4 Å². The summed E-state index contributed by atoms with van der Waals surface area (Å²) in [7, 11) is 0. The fraction of sp³-hybridized carbons (Fsp3) is 0.300. The number of benzene rings is 2. The number of nitrogens with one attached hydrogen (secondary N) is 3. The number of hydrogen-bond acceptors (Lipinski definition) is 3. The first-order valence-corrected chi connectivity index (χ1v) is 8.59. The monoisotopic (exact) mass is 337 g/mol. The van der Waals surface area contributed by atoms with E-state index in [1.54, 1.807) is 18.2 Å². The van der Waals surface area contributed by atoms with Crippen LogP contribution < -0.4 is 16.0 Å². The molecule has 0 heterocycles. The van der Waals surface area contributed by atoms with E-state index in [0.29, 0.717) is 23.5 Å². The molecule has 3 rings (SSSR count). The van der Waals surface area contributed by atoms with Gasteiger partial charge >= 0.3 is 0 Å². The lowest BCUT2D eigenvalue weighted by Crippen LogP contribution is -2.29. The Hall–Kier alpha value is -2.66. The molecule has 25 heavy (non-hydrogen) atoms. The Kier molecular flexibility index (Phi) is 5.46. The van der Waals surface area contributed by atoms with E-state index in [1.807, 2.05) is 37.3 Å². The Morgan fingerprint density at radius 2 is 1.80 bits per heavy atom. The molecule has 5 heteroatoms. The first-order chi connectivity index (χ1) is 12.1. The van der Waals surface area contributed by atoms with Crippen molar-refractivity contribution in [3.05, 3.63) is 59.7 Å². The lowest BCUT2D eigenvalue weighted by Gasteiger charge is -2.12. The SMILES string of the molecule is Cc1ccc(NC(=O)c2ccccc2)cc1NC(=O)CNCC1CC1. The predicted molar refractivity (Wildman–Crippen MR) is 99.8 cm³/mol. The van der Waals surface area contributed by atoms with E-state index in [0.717, 1.165) is 18.0 Å². The van der Waals surface area contributed by atoms with E-state index in [-0.39, 0.29) is 11.8 Å². The first kappa shape index (κ1) is 17.2. The van der Waals surface area contributed by atoms with E-state index in [2.05, 4.69) is 16.0 Å². The Morgan fingerprint density at radius 3 is 2.52 bits per heavy atom. The number of carbonyl (C=O) groups is 2. The zero-order chi connectivity index (χ0) is 17.6. The van der Waals surface area contributed by atoms with Crippen LogP contribution in [0.25, 0.3) is 0 Å². The van der Waals surface area contributed by atoms with Crippen molar-refractivity contribution in [1.82, 2.24) is 5.32 Å². The van der Waals surface area contributed by atoms with Crippen molar-refractivity contribution in [1.29, 1.82) is 0 Å². The van der Waals surface area contributed by atoms with Crippen LogP contribution in [0, 0.1) is 12.8 Å². The summed E-state index contributed by atoms with van der Waals surface area (Å²) in [4.78, 5) is 24.3. The van der Waals surface area contributed by atoms with Gasteiger partial charge in [0.05, 0.1) is 6.54 Å². The molecule has 2 aromatic carbocycles. The number of anilines is 2. The number of aryl methyl sites for hydroxylation is 1. The van der Waals surface area contributed by atoms with Gasteiger partial charge in [-0.05, 0) is 62.1 Å². The largest absolute Gasteiger partial charge is 0.325 e. The second-order valence-corrected chi connectivity index (χ2v) is 6.47. The van der Waals surface area contributed by atoms with Crippen LogP contribution in [0.5, 0.6) is 0 Å². The van der Waals surface area contributed by atoms with E-state index in [1.165, 1.54) is 12.8 Å². The lowest BCUT2D eigenvalue weighted by atomic mass is 10.1. The Bertz CT molecular complexity index is 755. The summed E-state index contributed by atoms with van der Waals surface area (Å²) in [6, 6.07) is 14.5. The Morgan fingerprint density at radius 1 is 1.04 bits per heavy atom. The van der Waals surface area contributed by atoms with E-state index in [9.17, 15) is 9.59 Å². The van der Waals surface area contributed by atoms with Gasteiger partial charge in [0.25, 0.3) is 5.91 Å². The smallest absolute Gasteiger partial charge is 0.255 e. The molecule has 3 N–H and O–H groups in total. The molecule has 1 aliphatic carbocycles. The van der Waals surface area contributed by atoms with Gasteiger partial charge in [0.1, 0.15) is 0 Å². The topological polar surface area (TPSA) is 70.2 Å². The van der Waals surface area contributed by atoms with Crippen LogP contribution in [0.2, 0.25) is 0 Å². The highest BCUT2D eigenvalue weighted by Gasteiger charge is 2.20. The molecule has 2 aromatic rings. The Balaban J connectivity index is 1.59. The second kappa shape index (κ2) is 7.94. The van der Waals surface area contributed by atoms with Gasteiger partial charge in [0.2, 0.25) is 5.91 Å². The summed E-state index contributed by atoms with van der Waals surface area (Å²) >= 11 is 0. The molecule has 0 aliphatic heterocycles. The van der Waals surface area contributed by atoms with Crippen molar-refractivity contribution in [2.24, 2.45) is 5.92 Å². The zero-order valence-electron chi connectivity index (χ0n) is 14.3. The third-order valence-electron chi connectivity index (χ3n) is 4.22. The molecule has 0 spiro atoms. The average Bonchev–Trinajstić information content (AvgIpc) is 3.43. The van der Waals surface area contributed by atoms with Crippen molar-refractivity contribution in [2.75, 3.05) is 23.7 Å². The van der Waals surface area contributed by atoms with Gasteiger partial charge in [-0.25, -0.2) is 0 Å². The predicted octanol–water partition coefficient (Wildman–Crippen LogP) is 3.19. The van der Waals surface area contributed by atoms with E-state index < -0.39 is 0 Å². The Labute approximate surface area is 147 Å². The average molecular weight is 337 g/mol. The van der Waals surface area contributed by atoms with Gasteiger partial charge in [-0.1, -0.05) is 24.3 Å². The van der Waals surface area contributed by atoms with Crippen LogP contribution in [-0.2, 0) is 4.79 Å². The van der Waals surface area contributed by atoms with Gasteiger partial charge in [-0.3, -0.25) is 9.59 Å². The summed E-state index contributed by atoms with van der Waals surface area (Å²) in [5.74, 6) is 0.495. The highest BCUT2D eigenvalue weighted by Crippen LogP contribution is 2.27. The molecular weight excluding hydrogens is 314 g/mol. The van der Waals surface area contributed by atoms with Crippen molar-refractivity contribution < 1.29 is 9.59 Å². The van der Waals surface area contributed by atoms with Crippen LogP contribution in [0.3, 0.4) is 0 Å². The maximum absolute atomic E-state index is 12.2. The minimum atomic E-state index is -0.173. The van der Waals surface area contributed by atoms with Crippen LogP contribution in [-0.4, -0.2) is 24.9 Å². The van der Waals surface area contributed by atoms with Gasteiger partial charge in [-0.15, -0.1) is 0 Å². The van der Waals surface area contributed by atoms with Crippen LogP contribution in [0.15, 0.2) is 48.5 Å². The highest BCUT2D eigenvalue weighted by atomic mass is 16.2. The maximum Gasteiger partial charge on any atom is 0.255 e. The third kappa shape index (κ3) is 5.16. The molecule has 0 atom stereocenters. The molecular formula is C20H23N3O2. The summed E-state index contributed by atoms with van der Waals surface area (Å²) in [5.41, 5.74) is 2.91. The fourth-order valence-electron chi connectivity index (χ4n) is 2.53. The first-order valence-electron chi connectivity index (χ1n) is 8.59. The van der Waals surface area contributed by atoms with Crippen molar-refractivity contribution in [2.45, 2.75) is 19.8 Å². The van der Waals surface area contributed by atoms with Crippen molar-refractivity contribution in [3.63, 3.8) is 0 Å². The summed E-state index contributed by atoms with van der Waals surface area (Å²) in [5, 5.41) is 8.94. The zero-order valence-corrected chi connectivity index (χ0v) is 14.3. The maximum atomic E-state index is 12.2. The molecule has 5 nitrogen and oxygen atoms in total. The lowest BCUT2D eigenvalue weighted by molar-refractivity contribution is -0.115. The minimum absolute atomic E-state index is 0.0738. The molecule has 1 saturated carbocycles. The van der Waals surface area contributed by atoms with Crippen molar-refractivity contribution >= 4 is 23.2 Å². The molecule has 0 radical (unpaired) electrons. The normalized spacial score (nSPS) is 13.3.